The van der Waals surface area contributed by atoms with E-state index in [1.165, 1.54) is 11.1 Å². The number of nitrogens with zero attached hydrogens (tertiary/aromatic N) is 1. The van der Waals surface area contributed by atoms with Crippen LogP contribution < -0.4 is 15.5 Å². The molecule has 34 heavy (non-hydrogen) atoms. The molecule has 0 aliphatic carbocycles. The average molecular weight is 456 g/mol. The third-order valence-corrected chi connectivity index (χ3v) is 6.28. The van der Waals surface area contributed by atoms with Gasteiger partial charge in [-0.1, -0.05) is 49.7 Å². The summed E-state index contributed by atoms with van der Waals surface area (Å²) in [5.41, 5.74) is 6.19. The molecule has 0 bridgehead atoms. The molecule has 5 nitrogen and oxygen atoms in total. The first kappa shape index (κ1) is 23.7. The maximum absolute atomic E-state index is 13.5. The van der Waals surface area contributed by atoms with E-state index in [0.717, 1.165) is 24.1 Å². The van der Waals surface area contributed by atoms with Gasteiger partial charge in [0, 0.05) is 41.1 Å². The zero-order chi connectivity index (χ0) is 24.2. The van der Waals surface area contributed by atoms with Crippen molar-refractivity contribution in [1.29, 1.82) is 0 Å². The Morgan fingerprint density at radius 3 is 2.41 bits per heavy atom. The van der Waals surface area contributed by atoms with Gasteiger partial charge in [0.15, 0.2) is 0 Å². The Morgan fingerprint density at radius 2 is 1.71 bits per heavy atom. The summed E-state index contributed by atoms with van der Waals surface area (Å²) in [6.45, 7) is 8.99. The lowest BCUT2D eigenvalue weighted by atomic mass is 9.98. The molecule has 1 aliphatic rings. The predicted octanol–water partition coefficient (Wildman–Crippen LogP) is 6.04. The number of anilines is 2. The highest BCUT2D eigenvalue weighted by Crippen LogP contribution is 2.35. The fourth-order valence-electron chi connectivity index (χ4n) is 4.59. The first-order valence-corrected chi connectivity index (χ1v) is 12.0. The highest BCUT2D eigenvalue weighted by Gasteiger charge is 2.27. The van der Waals surface area contributed by atoms with Crippen molar-refractivity contribution in [3.8, 4) is 0 Å². The summed E-state index contributed by atoms with van der Waals surface area (Å²) < 4.78 is 0. The van der Waals surface area contributed by atoms with Crippen molar-refractivity contribution in [2.24, 2.45) is 0 Å². The summed E-state index contributed by atoms with van der Waals surface area (Å²) in [6, 6.07) is 21.6. The quantitative estimate of drug-likeness (QED) is 0.493. The summed E-state index contributed by atoms with van der Waals surface area (Å²) >= 11 is 0. The van der Waals surface area contributed by atoms with Crippen molar-refractivity contribution in [2.75, 3.05) is 16.8 Å². The molecule has 0 saturated carbocycles. The smallest absolute Gasteiger partial charge is 0.258 e. The maximum Gasteiger partial charge on any atom is 0.258 e. The summed E-state index contributed by atoms with van der Waals surface area (Å²) in [5.74, 6) is -0.176. The van der Waals surface area contributed by atoms with Crippen molar-refractivity contribution in [2.45, 2.75) is 52.6 Å². The van der Waals surface area contributed by atoms with Gasteiger partial charge in [0.05, 0.1) is 0 Å². The van der Waals surface area contributed by atoms with E-state index in [0.29, 0.717) is 29.4 Å². The normalized spacial score (nSPS) is 15.6. The van der Waals surface area contributed by atoms with Crippen LogP contribution in [0.25, 0.3) is 0 Å². The number of nitrogens with one attached hydrogen (secondary N) is 2. The number of aryl methyl sites for hydroxylation is 2. The van der Waals surface area contributed by atoms with Crippen molar-refractivity contribution in [1.82, 2.24) is 5.32 Å². The fourth-order valence-corrected chi connectivity index (χ4v) is 4.59. The standard InChI is InChI=1S/C29H33N3O2/c1-19(2)30-26-10-7-17-32(27-16-11-20(3)18-25(26)27)29(34)22-12-14-23(15-13-22)31-28(33)24-9-6-5-8-21(24)4/h5-6,8-9,11-16,18-19,26,30H,7,10,17H2,1-4H3,(H,31,33). The van der Waals surface area contributed by atoms with Gasteiger partial charge in [-0.05, 0) is 74.2 Å². The molecule has 4 rings (SSSR count). The van der Waals surface area contributed by atoms with Gasteiger partial charge in [0.1, 0.15) is 0 Å². The van der Waals surface area contributed by atoms with Gasteiger partial charge in [-0.2, -0.15) is 0 Å². The molecule has 1 unspecified atom stereocenters. The summed E-state index contributed by atoms with van der Waals surface area (Å²) in [7, 11) is 0. The van der Waals surface area contributed by atoms with E-state index in [1.807, 2.05) is 36.1 Å². The summed E-state index contributed by atoms with van der Waals surface area (Å²) in [6.07, 6.45) is 1.91. The third-order valence-electron chi connectivity index (χ3n) is 6.28. The second-order valence-electron chi connectivity index (χ2n) is 9.38. The van der Waals surface area contributed by atoms with E-state index in [-0.39, 0.29) is 17.9 Å². The number of fused-ring (bicyclic) bond motifs is 1. The van der Waals surface area contributed by atoms with Crippen LogP contribution in [-0.2, 0) is 0 Å². The number of hydrogen-bond acceptors (Lipinski definition) is 3. The van der Waals surface area contributed by atoms with Crippen LogP contribution in [0.1, 0.15) is 70.1 Å². The van der Waals surface area contributed by atoms with E-state index >= 15 is 0 Å². The van der Waals surface area contributed by atoms with Gasteiger partial charge in [0.2, 0.25) is 0 Å². The lowest BCUT2D eigenvalue weighted by Crippen LogP contribution is -2.32. The second-order valence-corrected chi connectivity index (χ2v) is 9.38. The molecule has 0 radical (unpaired) electrons. The predicted molar refractivity (Wildman–Crippen MR) is 139 cm³/mol. The molecule has 1 heterocycles. The number of rotatable bonds is 5. The van der Waals surface area contributed by atoms with Crippen LogP contribution in [0.2, 0.25) is 0 Å². The van der Waals surface area contributed by atoms with Crippen molar-refractivity contribution in [3.63, 3.8) is 0 Å². The molecule has 2 amide bonds. The Morgan fingerprint density at radius 1 is 0.971 bits per heavy atom. The first-order valence-electron chi connectivity index (χ1n) is 12.0. The number of carbonyl (C=O) groups excluding carboxylic acids is 2. The summed E-state index contributed by atoms with van der Waals surface area (Å²) in [5, 5.41) is 6.60. The minimum Gasteiger partial charge on any atom is -0.322 e. The minimum absolute atomic E-state index is 0.0212. The molecule has 3 aromatic rings. The lowest BCUT2D eigenvalue weighted by Gasteiger charge is -2.26. The molecular formula is C29H33N3O2. The molecule has 1 atom stereocenters. The van der Waals surface area contributed by atoms with Crippen LogP contribution in [0, 0.1) is 13.8 Å². The van der Waals surface area contributed by atoms with E-state index < -0.39 is 0 Å². The van der Waals surface area contributed by atoms with Crippen LogP contribution in [-0.4, -0.2) is 24.4 Å². The molecule has 2 N–H and O–H groups in total. The zero-order valence-corrected chi connectivity index (χ0v) is 20.4. The van der Waals surface area contributed by atoms with Crippen molar-refractivity contribution in [3.05, 3.63) is 94.5 Å². The van der Waals surface area contributed by atoms with Crippen LogP contribution in [0.15, 0.2) is 66.7 Å². The van der Waals surface area contributed by atoms with Gasteiger partial charge >= 0.3 is 0 Å². The Hall–Kier alpha value is -3.44. The van der Waals surface area contributed by atoms with Crippen LogP contribution in [0.5, 0.6) is 0 Å². The maximum atomic E-state index is 13.5. The number of carbonyl (C=O) groups is 2. The van der Waals surface area contributed by atoms with Gasteiger partial charge in [-0.15, -0.1) is 0 Å². The Balaban J connectivity index is 1.55. The van der Waals surface area contributed by atoms with E-state index in [2.05, 4.69) is 49.6 Å². The Kier molecular flexibility index (Phi) is 7.13. The molecule has 3 aromatic carbocycles. The highest BCUT2D eigenvalue weighted by molar-refractivity contribution is 6.08. The van der Waals surface area contributed by atoms with Crippen LogP contribution >= 0.6 is 0 Å². The second kappa shape index (κ2) is 10.2. The topological polar surface area (TPSA) is 61.4 Å². The number of benzene rings is 3. The highest BCUT2D eigenvalue weighted by atomic mass is 16.2. The van der Waals surface area contributed by atoms with Gasteiger partial charge in [-0.3, -0.25) is 9.59 Å². The Bertz CT molecular complexity index is 1180. The minimum atomic E-state index is -0.155. The third kappa shape index (κ3) is 5.20. The molecule has 176 valence electrons. The first-order chi connectivity index (χ1) is 16.3. The van der Waals surface area contributed by atoms with E-state index in [4.69, 9.17) is 0 Å². The molecule has 0 aromatic heterocycles. The summed E-state index contributed by atoms with van der Waals surface area (Å²) in [4.78, 5) is 28.1. The molecule has 1 aliphatic heterocycles. The van der Waals surface area contributed by atoms with E-state index in [1.54, 1.807) is 24.3 Å². The molecule has 0 fully saturated rings. The van der Waals surface area contributed by atoms with E-state index in [9.17, 15) is 9.59 Å². The SMILES string of the molecule is Cc1ccc2c(c1)C(NC(C)C)CCCN2C(=O)c1ccc(NC(=O)c2ccccc2C)cc1. The molecule has 5 heteroatoms. The fraction of sp³-hybridized carbons (Fsp3) is 0.310. The van der Waals surface area contributed by atoms with Gasteiger partial charge in [0.25, 0.3) is 11.8 Å². The zero-order valence-electron chi connectivity index (χ0n) is 20.4. The average Bonchev–Trinajstić information content (AvgIpc) is 2.98. The monoisotopic (exact) mass is 455 g/mol. The largest absolute Gasteiger partial charge is 0.322 e. The number of hydrogen-bond donors (Lipinski definition) is 2. The van der Waals surface area contributed by atoms with Gasteiger partial charge in [-0.25, -0.2) is 0 Å². The van der Waals surface area contributed by atoms with Gasteiger partial charge < -0.3 is 15.5 Å². The van der Waals surface area contributed by atoms with Crippen molar-refractivity contribution < 1.29 is 9.59 Å². The Labute approximate surface area is 202 Å². The number of amides is 2. The molecular weight excluding hydrogens is 422 g/mol. The lowest BCUT2D eigenvalue weighted by molar-refractivity contribution is 0.0985. The van der Waals surface area contributed by atoms with Crippen LogP contribution in [0.4, 0.5) is 11.4 Å². The molecule has 0 saturated heterocycles. The molecule has 0 spiro atoms. The van der Waals surface area contributed by atoms with Crippen LogP contribution in [0.3, 0.4) is 0 Å². The van der Waals surface area contributed by atoms with Crippen molar-refractivity contribution >= 4 is 23.2 Å².